The fourth-order valence-electron chi connectivity index (χ4n) is 5.65. The van der Waals surface area contributed by atoms with Gasteiger partial charge in [-0.25, -0.2) is 0 Å². The average molecular weight is 593 g/mol. The minimum atomic E-state index is -0.622. The second-order valence-corrected chi connectivity index (χ2v) is 10.8. The zero-order valence-electron chi connectivity index (χ0n) is 26.2. The largest absolute Gasteiger partial charge is 0.361 e. The zero-order valence-corrected chi connectivity index (χ0v) is 26.2. The first-order valence-electron chi connectivity index (χ1n) is 15.5. The van der Waals surface area contributed by atoms with E-state index >= 15 is 0 Å². The molecule has 0 bridgehead atoms. The molecule has 0 aromatic heterocycles. The number of benzene rings is 4. The molecule has 230 valence electrons. The van der Waals surface area contributed by atoms with Crippen LogP contribution in [0.25, 0.3) is 0 Å². The van der Waals surface area contributed by atoms with Crippen molar-refractivity contribution in [1.29, 1.82) is 0 Å². The Kier molecular flexibility index (Phi) is 12.3. The monoisotopic (exact) mass is 592 g/mol. The number of ether oxygens (including phenoxy) is 2. The third-order valence-electron chi connectivity index (χ3n) is 8.12. The van der Waals surface area contributed by atoms with Gasteiger partial charge in [-0.05, 0) is 49.9 Å². The number of rotatable bonds is 15. The molecular formula is C38H44N2O4. The van der Waals surface area contributed by atoms with E-state index in [9.17, 15) is 9.59 Å². The van der Waals surface area contributed by atoms with Crippen LogP contribution in [0, 0.1) is 0 Å². The molecule has 4 aromatic carbocycles. The van der Waals surface area contributed by atoms with Crippen molar-refractivity contribution in [2.75, 3.05) is 26.3 Å². The van der Waals surface area contributed by atoms with E-state index in [2.05, 4.69) is 0 Å². The first-order chi connectivity index (χ1) is 21.4. The third-order valence-corrected chi connectivity index (χ3v) is 8.12. The molecule has 4 unspecified atom stereocenters. The van der Waals surface area contributed by atoms with Crippen molar-refractivity contribution < 1.29 is 19.1 Å². The van der Waals surface area contributed by atoms with Crippen LogP contribution >= 0.6 is 0 Å². The Bertz CT molecular complexity index is 1310. The first-order valence-corrected chi connectivity index (χ1v) is 15.5. The number of hydrogen-bond acceptors (Lipinski definition) is 4. The minimum Gasteiger partial charge on any atom is -0.361 e. The van der Waals surface area contributed by atoms with E-state index in [1.165, 1.54) is 0 Å². The van der Waals surface area contributed by atoms with E-state index in [0.29, 0.717) is 13.1 Å². The van der Waals surface area contributed by atoms with Crippen molar-refractivity contribution >= 4 is 11.8 Å². The van der Waals surface area contributed by atoms with Crippen LogP contribution in [0.15, 0.2) is 121 Å². The fourth-order valence-corrected chi connectivity index (χ4v) is 5.65. The van der Waals surface area contributed by atoms with Crippen molar-refractivity contribution in [2.45, 2.75) is 52.0 Å². The third kappa shape index (κ3) is 8.43. The fraction of sp³-hybridized carbons (Fsp3) is 0.316. The summed E-state index contributed by atoms with van der Waals surface area (Å²) in [4.78, 5) is 30.8. The van der Waals surface area contributed by atoms with E-state index in [0.717, 1.165) is 22.3 Å². The standard InChI is InChI=1S/C38H44N2O4/c1-5-39(29(3)31-19-11-7-12-20-31)35(41)27-43-37(33-23-15-9-16-24-33)38(34-25-17-10-18-26-34)44-28-36(42)40(6-2)30(4)32-21-13-8-14-22-32/h7-26,29-30,37-38H,5-6,27-28H2,1-4H3. The zero-order chi connectivity index (χ0) is 31.3. The Labute approximate surface area is 262 Å². The Balaban J connectivity index is 1.56. The van der Waals surface area contributed by atoms with Crippen molar-refractivity contribution in [2.24, 2.45) is 0 Å². The number of carbonyl (C=O) groups is 2. The molecule has 0 saturated heterocycles. The highest BCUT2D eigenvalue weighted by Gasteiger charge is 2.31. The summed E-state index contributed by atoms with van der Waals surface area (Å²) in [5.74, 6) is -0.219. The van der Waals surface area contributed by atoms with E-state index in [1.54, 1.807) is 0 Å². The summed E-state index contributed by atoms with van der Waals surface area (Å²) in [6.07, 6.45) is -1.24. The predicted octanol–water partition coefficient (Wildman–Crippen LogP) is 7.72. The summed E-state index contributed by atoms with van der Waals surface area (Å²) in [6.45, 7) is 8.86. The molecule has 4 atom stereocenters. The molecule has 4 rings (SSSR count). The van der Waals surface area contributed by atoms with Gasteiger partial charge in [0.25, 0.3) is 0 Å². The maximum Gasteiger partial charge on any atom is 0.249 e. The number of nitrogens with zero attached hydrogens (tertiary/aromatic N) is 2. The van der Waals surface area contributed by atoms with Crippen molar-refractivity contribution in [1.82, 2.24) is 9.80 Å². The highest BCUT2D eigenvalue weighted by molar-refractivity contribution is 5.78. The molecule has 0 aliphatic carbocycles. The van der Waals surface area contributed by atoms with Gasteiger partial charge in [0.05, 0.1) is 12.1 Å². The number of hydrogen-bond donors (Lipinski definition) is 0. The number of amides is 2. The topological polar surface area (TPSA) is 59.1 Å². The van der Waals surface area contributed by atoms with Gasteiger partial charge in [-0.2, -0.15) is 0 Å². The molecule has 0 N–H and O–H groups in total. The van der Waals surface area contributed by atoms with Crippen LogP contribution in [0.3, 0.4) is 0 Å². The van der Waals surface area contributed by atoms with Gasteiger partial charge in [0, 0.05) is 13.1 Å². The summed E-state index contributed by atoms with van der Waals surface area (Å²) in [5.41, 5.74) is 3.87. The molecule has 44 heavy (non-hydrogen) atoms. The summed E-state index contributed by atoms with van der Waals surface area (Å²) >= 11 is 0. The summed E-state index contributed by atoms with van der Waals surface area (Å²) in [7, 11) is 0. The van der Waals surface area contributed by atoms with Crippen LogP contribution in [0.1, 0.15) is 74.2 Å². The molecule has 0 spiro atoms. The van der Waals surface area contributed by atoms with E-state index in [1.807, 2.05) is 159 Å². The smallest absolute Gasteiger partial charge is 0.249 e. The molecule has 0 saturated carbocycles. The molecule has 0 aliphatic rings. The highest BCUT2D eigenvalue weighted by Crippen LogP contribution is 2.36. The Morgan fingerprint density at radius 1 is 0.500 bits per heavy atom. The summed E-state index contributed by atoms with van der Waals surface area (Å²) in [6, 6.07) is 39.3. The van der Waals surface area contributed by atoms with Crippen LogP contribution in [-0.2, 0) is 19.1 Å². The number of likely N-dealkylation sites (N-methyl/N-ethyl adjacent to an activating group) is 2. The van der Waals surface area contributed by atoms with E-state index in [-0.39, 0.29) is 37.1 Å². The Morgan fingerprint density at radius 3 is 1.05 bits per heavy atom. The molecule has 0 radical (unpaired) electrons. The Morgan fingerprint density at radius 2 is 0.773 bits per heavy atom. The molecule has 6 nitrogen and oxygen atoms in total. The lowest BCUT2D eigenvalue weighted by molar-refractivity contribution is -0.152. The lowest BCUT2D eigenvalue weighted by Gasteiger charge is -2.32. The Hall–Kier alpha value is -4.26. The van der Waals surface area contributed by atoms with E-state index < -0.39 is 12.2 Å². The minimum absolute atomic E-state index is 0.0992. The predicted molar refractivity (Wildman–Crippen MR) is 175 cm³/mol. The van der Waals surface area contributed by atoms with Gasteiger partial charge in [-0.1, -0.05) is 121 Å². The van der Waals surface area contributed by atoms with Crippen molar-refractivity contribution in [3.8, 4) is 0 Å². The van der Waals surface area contributed by atoms with Gasteiger partial charge in [-0.3, -0.25) is 9.59 Å². The molecule has 4 aromatic rings. The quantitative estimate of drug-likeness (QED) is 0.142. The number of carbonyl (C=O) groups excluding carboxylic acids is 2. The van der Waals surface area contributed by atoms with E-state index in [4.69, 9.17) is 9.47 Å². The maximum absolute atomic E-state index is 13.6. The van der Waals surface area contributed by atoms with Crippen molar-refractivity contribution in [3.05, 3.63) is 144 Å². The maximum atomic E-state index is 13.6. The van der Waals surface area contributed by atoms with Crippen LogP contribution in [0.4, 0.5) is 0 Å². The van der Waals surface area contributed by atoms with Gasteiger partial charge < -0.3 is 19.3 Å². The molecule has 2 amide bonds. The molecule has 0 heterocycles. The lowest BCUT2D eigenvalue weighted by atomic mass is 9.98. The SMILES string of the molecule is CCN(C(=O)COC(c1ccccc1)C(OCC(=O)N(CC)C(C)c1ccccc1)c1ccccc1)C(C)c1ccccc1. The molecule has 0 aliphatic heterocycles. The van der Waals surface area contributed by atoms with Crippen LogP contribution in [-0.4, -0.2) is 47.9 Å². The van der Waals surface area contributed by atoms with Gasteiger partial charge in [0.1, 0.15) is 25.4 Å². The summed E-state index contributed by atoms with van der Waals surface area (Å²) in [5, 5.41) is 0. The van der Waals surface area contributed by atoms with Gasteiger partial charge in [0.2, 0.25) is 11.8 Å². The lowest BCUT2D eigenvalue weighted by Crippen LogP contribution is -2.38. The molecule has 6 heteroatoms. The van der Waals surface area contributed by atoms with Crippen molar-refractivity contribution in [3.63, 3.8) is 0 Å². The molecule has 0 fully saturated rings. The normalized spacial score (nSPS) is 13.8. The second kappa shape index (κ2) is 16.6. The second-order valence-electron chi connectivity index (χ2n) is 10.8. The van der Waals surface area contributed by atoms with Gasteiger partial charge >= 0.3 is 0 Å². The first kappa shape index (κ1) is 32.6. The highest BCUT2D eigenvalue weighted by atomic mass is 16.5. The van der Waals surface area contributed by atoms with Gasteiger partial charge in [0.15, 0.2) is 0 Å². The van der Waals surface area contributed by atoms with Crippen LogP contribution in [0.5, 0.6) is 0 Å². The summed E-state index contributed by atoms with van der Waals surface area (Å²) < 4.78 is 12.9. The average Bonchev–Trinajstić information content (AvgIpc) is 3.08. The van der Waals surface area contributed by atoms with Crippen LogP contribution < -0.4 is 0 Å². The van der Waals surface area contributed by atoms with Gasteiger partial charge in [-0.15, -0.1) is 0 Å². The van der Waals surface area contributed by atoms with Crippen LogP contribution in [0.2, 0.25) is 0 Å². The molecular weight excluding hydrogens is 548 g/mol.